The molecule has 114 valence electrons. The van der Waals surface area contributed by atoms with Crippen LogP contribution in [0.1, 0.15) is 44.1 Å². The molecule has 0 radical (unpaired) electrons. The van der Waals surface area contributed by atoms with Crippen molar-refractivity contribution in [2.24, 2.45) is 0 Å². The summed E-state index contributed by atoms with van der Waals surface area (Å²) in [5, 5.41) is 8.92. The van der Waals surface area contributed by atoms with Gasteiger partial charge in [0.05, 0.1) is 5.69 Å². The van der Waals surface area contributed by atoms with Crippen LogP contribution in [-0.4, -0.2) is 16.3 Å². The van der Waals surface area contributed by atoms with Crippen LogP contribution >= 0.6 is 27.5 Å². The number of rotatable bonds is 6. The van der Waals surface area contributed by atoms with E-state index in [0.29, 0.717) is 6.04 Å². The molecule has 0 fully saturated rings. The molecule has 0 spiro atoms. The van der Waals surface area contributed by atoms with E-state index in [1.807, 2.05) is 23.0 Å². The first kappa shape index (κ1) is 16.5. The second kappa shape index (κ2) is 7.43. The van der Waals surface area contributed by atoms with Crippen LogP contribution in [0.25, 0.3) is 0 Å². The molecule has 0 bridgehead atoms. The highest BCUT2D eigenvalue weighted by Crippen LogP contribution is 2.28. The third-order valence-corrected chi connectivity index (χ3v) is 4.23. The Labute approximate surface area is 139 Å². The van der Waals surface area contributed by atoms with Gasteiger partial charge in [0.1, 0.15) is 0 Å². The summed E-state index contributed by atoms with van der Waals surface area (Å²) in [4.78, 5) is 0. The number of benzene rings is 1. The lowest BCUT2D eigenvalue weighted by Gasteiger charge is -2.19. The van der Waals surface area contributed by atoms with Crippen LogP contribution in [0.5, 0.6) is 0 Å². The molecule has 1 atom stereocenters. The number of aromatic nitrogens is 2. The number of nitrogens with one attached hydrogen (secondary N) is 1. The lowest BCUT2D eigenvalue weighted by Crippen LogP contribution is -2.23. The Bertz CT molecular complexity index is 595. The highest BCUT2D eigenvalue weighted by Gasteiger charge is 2.16. The van der Waals surface area contributed by atoms with Crippen molar-refractivity contribution in [2.75, 3.05) is 6.54 Å². The number of likely N-dealkylation sites (N-methyl/N-ethyl adjacent to an activating group) is 1. The van der Waals surface area contributed by atoms with Crippen LogP contribution in [-0.2, 0) is 6.42 Å². The van der Waals surface area contributed by atoms with Gasteiger partial charge in [-0.15, -0.1) is 0 Å². The summed E-state index contributed by atoms with van der Waals surface area (Å²) >= 11 is 9.88. The molecular weight excluding hydrogens is 350 g/mol. The van der Waals surface area contributed by atoms with E-state index in [2.05, 4.69) is 59.2 Å². The summed E-state index contributed by atoms with van der Waals surface area (Å²) in [5.41, 5.74) is 2.18. The summed E-state index contributed by atoms with van der Waals surface area (Å²) in [7, 11) is 0. The van der Waals surface area contributed by atoms with Gasteiger partial charge in [-0.2, -0.15) is 5.10 Å². The van der Waals surface area contributed by atoms with E-state index in [1.165, 1.54) is 0 Å². The fourth-order valence-corrected chi connectivity index (χ4v) is 2.93. The number of nitrogens with zero attached hydrogens (tertiary/aromatic N) is 2. The van der Waals surface area contributed by atoms with E-state index >= 15 is 0 Å². The highest BCUT2D eigenvalue weighted by molar-refractivity contribution is 9.10. The van der Waals surface area contributed by atoms with Gasteiger partial charge in [-0.25, -0.2) is 0 Å². The first-order valence-electron chi connectivity index (χ1n) is 7.23. The third-order valence-electron chi connectivity index (χ3n) is 3.39. The minimum Gasteiger partial charge on any atom is -0.310 e. The molecule has 0 amide bonds. The Morgan fingerprint density at radius 2 is 2.10 bits per heavy atom. The van der Waals surface area contributed by atoms with Crippen LogP contribution in [0, 0.1) is 0 Å². The SMILES string of the molecule is CCNC(Cc1ccn(C(C)C)n1)c1cc(Br)ccc1Cl. The van der Waals surface area contributed by atoms with Crippen molar-refractivity contribution in [3.05, 3.63) is 51.2 Å². The Morgan fingerprint density at radius 3 is 2.71 bits per heavy atom. The van der Waals surface area contributed by atoms with Crippen LogP contribution in [0.4, 0.5) is 0 Å². The van der Waals surface area contributed by atoms with E-state index in [-0.39, 0.29) is 6.04 Å². The van der Waals surface area contributed by atoms with Gasteiger partial charge < -0.3 is 5.32 Å². The minimum absolute atomic E-state index is 0.163. The maximum Gasteiger partial charge on any atom is 0.0643 e. The molecule has 0 aliphatic heterocycles. The smallest absolute Gasteiger partial charge is 0.0643 e. The Hall–Kier alpha value is -0.840. The molecule has 0 saturated heterocycles. The zero-order valence-corrected chi connectivity index (χ0v) is 14.9. The summed E-state index contributed by atoms with van der Waals surface area (Å²) in [6.07, 6.45) is 2.86. The van der Waals surface area contributed by atoms with Crippen molar-refractivity contribution < 1.29 is 0 Å². The number of hydrogen-bond donors (Lipinski definition) is 1. The quantitative estimate of drug-likeness (QED) is 0.793. The van der Waals surface area contributed by atoms with Gasteiger partial charge in [0.2, 0.25) is 0 Å². The first-order valence-corrected chi connectivity index (χ1v) is 8.40. The molecule has 2 aromatic rings. The largest absolute Gasteiger partial charge is 0.310 e. The average Bonchev–Trinajstić information content (AvgIpc) is 2.90. The molecule has 0 saturated carbocycles. The zero-order chi connectivity index (χ0) is 15.4. The van der Waals surface area contributed by atoms with Gasteiger partial charge in [0.25, 0.3) is 0 Å². The highest BCUT2D eigenvalue weighted by atomic mass is 79.9. The molecular formula is C16H21BrClN3. The first-order chi connectivity index (χ1) is 10.0. The Balaban J connectivity index is 2.23. The normalized spacial score (nSPS) is 12.9. The van der Waals surface area contributed by atoms with Gasteiger partial charge >= 0.3 is 0 Å². The molecule has 1 unspecified atom stereocenters. The Kier molecular flexibility index (Phi) is 5.85. The maximum atomic E-state index is 6.36. The van der Waals surface area contributed by atoms with Gasteiger partial charge in [0.15, 0.2) is 0 Å². The molecule has 3 nitrogen and oxygen atoms in total. The molecule has 2 rings (SSSR count). The standard InChI is InChI=1S/C16H21BrClN3/c1-4-19-16(14-9-12(17)5-6-15(14)18)10-13-7-8-21(20-13)11(2)3/h5-9,11,16,19H,4,10H2,1-3H3. The lowest BCUT2D eigenvalue weighted by atomic mass is 10.0. The summed E-state index contributed by atoms with van der Waals surface area (Å²) in [6.45, 7) is 7.25. The third kappa shape index (κ3) is 4.31. The number of hydrogen-bond acceptors (Lipinski definition) is 2. The second-order valence-corrected chi connectivity index (χ2v) is 6.68. The molecule has 1 aromatic heterocycles. The van der Waals surface area contributed by atoms with Crippen molar-refractivity contribution in [3.8, 4) is 0 Å². The molecule has 1 aromatic carbocycles. The van der Waals surface area contributed by atoms with Gasteiger partial charge in [-0.05, 0) is 50.2 Å². The fraction of sp³-hybridized carbons (Fsp3) is 0.438. The van der Waals surface area contributed by atoms with Crippen LogP contribution in [0.15, 0.2) is 34.9 Å². The van der Waals surface area contributed by atoms with Gasteiger partial charge in [-0.3, -0.25) is 4.68 Å². The van der Waals surface area contributed by atoms with Gasteiger partial charge in [-0.1, -0.05) is 34.5 Å². The van der Waals surface area contributed by atoms with E-state index in [4.69, 9.17) is 11.6 Å². The number of halogens is 2. The lowest BCUT2D eigenvalue weighted by molar-refractivity contribution is 0.506. The molecule has 0 aliphatic carbocycles. The molecule has 5 heteroatoms. The average molecular weight is 371 g/mol. The van der Waals surface area contributed by atoms with Crippen molar-refractivity contribution >= 4 is 27.5 Å². The minimum atomic E-state index is 0.163. The van der Waals surface area contributed by atoms with Crippen LogP contribution in [0.2, 0.25) is 5.02 Å². The summed E-state index contributed by atoms with van der Waals surface area (Å²) in [5.74, 6) is 0. The summed E-state index contributed by atoms with van der Waals surface area (Å²) in [6, 6.07) is 8.59. The monoisotopic (exact) mass is 369 g/mol. The Morgan fingerprint density at radius 1 is 1.33 bits per heavy atom. The second-order valence-electron chi connectivity index (χ2n) is 5.36. The molecule has 0 aliphatic rings. The summed E-state index contributed by atoms with van der Waals surface area (Å²) < 4.78 is 3.03. The molecule has 21 heavy (non-hydrogen) atoms. The predicted octanol–water partition coefficient (Wildman–Crippen LogP) is 4.77. The van der Waals surface area contributed by atoms with E-state index < -0.39 is 0 Å². The van der Waals surface area contributed by atoms with E-state index in [0.717, 1.165) is 33.7 Å². The molecule has 1 N–H and O–H groups in total. The zero-order valence-electron chi connectivity index (χ0n) is 12.6. The molecule has 1 heterocycles. The van der Waals surface area contributed by atoms with Crippen molar-refractivity contribution in [1.29, 1.82) is 0 Å². The maximum absolute atomic E-state index is 6.36. The van der Waals surface area contributed by atoms with Crippen LogP contribution in [0.3, 0.4) is 0 Å². The van der Waals surface area contributed by atoms with Crippen LogP contribution < -0.4 is 5.32 Å². The predicted molar refractivity (Wildman–Crippen MR) is 91.9 cm³/mol. The topological polar surface area (TPSA) is 29.9 Å². The fourth-order valence-electron chi connectivity index (χ4n) is 2.30. The van der Waals surface area contributed by atoms with Crippen molar-refractivity contribution in [2.45, 2.75) is 39.3 Å². The van der Waals surface area contributed by atoms with E-state index in [1.54, 1.807) is 0 Å². The van der Waals surface area contributed by atoms with Crippen molar-refractivity contribution in [3.63, 3.8) is 0 Å². The van der Waals surface area contributed by atoms with Crippen molar-refractivity contribution in [1.82, 2.24) is 15.1 Å². The van der Waals surface area contributed by atoms with Gasteiger partial charge in [0, 0.05) is 34.2 Å². The van der Waals surface area contributed by atoms with E-state index in [9.17, 15) is 0 Å².